The Labute approximate surface area is 124 Å². The summed E-state index contributed by atoms with van der Waals surface area (Å²) >= 11 is 0. The molecule has 0 radical (unpaired) electrons. The number of hydrogen-bond donors (Lipinski definition) is 2. The Balaban J connectivity index is 2.18. The molecule has 21 heavy (non-hydrogen) atoms. The van der Waals surface area contributed by atoms with Crippen LogP contribution in [-0.4, -0.2) is 40.6 Å². The summed E-state index contributed by atoms with van der Waals surface area (Å²) in [5, 5.41) is 2.69. The Bertz CT molecular complexity index is 624. The molecule has 2 N–H and O–H groups in total. The third-order valence-corrected chi connectivity index (χ3v) is 4.77. The lowest BCUT2D eigenvalue weighted by molar-refractivity contribution is 0.0936. The van der Waals surface area contributed by atoms with Crippen molar-refractivity contribution in [3.8, 4) is 0 Å². The number of nitrogens with one attached hydrogen (secondary N) is 2. The van der Waals surface area contributed by atoms with E-state index in [2.05, 4.69) is 10.0 Å². The van der Waals surface area contributed by atoms with Gasteiger partial charge in [0.2, 0.25) is 10.0 Å². The molecule has 0 saturated heterocycles. The molecule has 1 fully saturated rings. The van der Waals surface area contributed by atoms with Crippen LogP contribution in [0.5, 0.6) is 0 Å². The van der Waals surface area contributed by atoms with Crippen LogP contribution in [0.1, 0.15) is 28.8 Å². The van der Waals surface area contributed by atoms with Gasteiger partial charge in [0.1, 0.15) is 0 Å². The van der Waals surface area contributed by atoms with E-state index in [9.17, 15) is 13.2 Å². The number of ether oxygens (including phenoxy) is 1. The highest BCUT2D eigenvalue weighted by Gasteiger charge is 2.28. The van der Waals surface area contributed by atoms with Crippen LogP contribution in [0.2, 0.25) is 0 Å². The van der Waals surface area contributed by atoms with Gasteiger partial charge in [-0.25, -0.2) is 13.1 Å². The number of amides is 1. The van der Waals surface area contributed by atoms with E-state index in [1.807, 2.05) is 0 Å². The topological polar surface area (TPSA) is 84.5 Å². The number of aryl methyl sites for hydroxylation is 1. The van der Waals surface area contributed by atoms with Gasteiger partial charge in [-0.2, -0.15) is 0 Å². The second kappa shape index (κ2) is 6.55. The van der Waals surface area contributed by atoms with Crippen LogP contribution in [-0.2, 0) is 14.8 Å². The van der Waals surface area contributed by atoms with Crippen molar-refractivity contribution in [3.05, 3.63) is 29.3 Å². The van der Waals surface area contributed by atoms with Gasteiger partial charge in [0.05, 0.1) is 11.5 Å². The highest BCUT2D eigenvalue weighted by molar-refractivity contribution is 7.89. The van der Waals surface area contributed by atoms with Crippen LogP contribution in [0.25, 0.3) is 0 Å². The monoisotopic (exact) mass is 312 g/mol. The fourth-order valence-electron chi connectivity index (χ4n) is 1.86. The molecule has 2 rings (SSSR count). The van der Waals surface area contributed by atoms with Crippen LogP contribution >= 0.6 is 0 Å². The highest BCUT2D eigenvalue weighted by atomic mass is 32.2. The second-order valence-corrected chi connectivity index (χ2v) is 6.83. The average molecular weight is 312 g/mol. The van der Waals surface area contributed by atoms with Gasteiger partial charge in [-0.15, -0.1) is 0 Å². The summed E-state index contributed by atoms with van der Waals surface area (Å²) in [5.74, 6) is -0.298. The van der Waals surface area contributed by atoms with Gasteiger partial charge in [0.15, 0.2) is 0 Å². The van der Waals surface area contributed by atoms with Gasteiger partial charge in [0, 0.05) is 25.3 Å². The van der Waals surface area contributed by atoms with E-state index in [-0.39, 0.29) is 16.8 Å². The van der Waals surface area contributed by atoms with Gasteiger partial charge in [-0.1, -0.05) is 6.07 Å². The zero-order valence-electron chi connectivity index (χ0n) is 12.2. The van der Waals surface area contributed by atoms with E-state index in [1.165, 1.54) is 12.1 Å². The SMILES string of the molecule is COCCNC(=O)c1cc(S(=O)(=O)NC2CC2)ccc1C. The first-order valence-corrected chi connectivity index (χ1v) is 8.32. The smallest absolute Gasteiger partial charge is 0.251 e. The molecule has 0 bridgehead atoms. The molecule has 116 valence electrons. The van der Waals surface area contributed by atoms with Crippen molar-refractivity contribution >= 4 is 15.9 Å². The van der Waals surface area contributed by atoms with Crippen molar-refractivity contribution in [1.29, 1.82) is 0 Å². The Kier molecular flexibility index (Phi) is 4.97. The number of methoxy groups -OCH3 is 1. The maximum absolute atomic E-state index is 12.2. The van der Waals surface area contributed by atoms with Crippen molar-refractivity contribution in [3.63, 3.8) is 0 Å². The van der Waals surface area contributed by atoms with Gasteiger partial charge in [0.25, 0.3) is 5.91 Å². The predicted octanol–water partition coefficient (Wildman–Crippen LogP) is 0.812. The average Bonchev–Trinajstić information content (AvgIpc) is 3.22. The molecule has 0 unspecified atom stereocenters. The maximum atomic E-state index is 12.2. The van der Waals surface area contributed by atoms with E-state index in [4.69, 9.17) is 4.74 Å². The molecule has 0 atom stereocenters. The van der Waals surface area contributed by atoms with Gasteiger partial charge in [-0.05, 0) is 37.5 Å². The molecular formula is C14H20N2O4S. The Morgan fingerprint density at radius 1 is 1.38 bits per heavy atom. The third kappa shape index (κ3) is 4.26. The first-order chi connectivity index (χ1) is 9.94. The molecule has 0 heterocycles. The lowest BCUT2D eigenvalue weighted by Gasteiger charge is -2.10. The molecule has 1 aromatic rings. The van der Waals surface area contributed by atoms with Crippen LogP contribution in [0.4, 0.5) is 0 Å². The van der Waals surface area contributed by atoms with E-state index in [0.29, 0.717) is 18.7 Å². The first-order valence-electron chi connectivity index (χ1n) is 6.84. The standard InChI is InChI=1S/C14H20N2O4S/c1-10-3-6-12(21(18,19)16-11-4-5-11)9-13(10)14(17)15-7-8-20-2/h3,6,9,11,16H,4-5,7-8H2,1-2H3,(H,15,17). The largest absolute Gasteiger partial charge is 0.383 e. The van der Waals surface area contributed by atoms with Gasteiger partial charge in [-0.3, -0.25) is 4.79 Å². The minimum Gasteiger partial charge on any atom is -0.383 e. The summed E-state index contributed by atoms with van der Waals surface area (Å²) in [4.78, 5) is 12.2. The van der Waals surface area contributed by atoms with Crippen molar-refractivity contribution in [2.75, 3.05) is 20.3 Å². The maximum Gasteiger partial charge on any atom is 0.251 e. The van der Waals surface area contributed by atoms with Crippen LogP contribution < -0.4 is 10.0 Å². The molecule has 1 aliphatic carbocycles. The third-order valence-electron chi connectivity index (χ3n) is 3.25. The summed E-state index contributed by atoms with van der Waals surface area (Å²) in [6.45, 7) is 2.56. The quantitative estimate of drug-likeness (QED) is 0.730. The number of rotatable bonds is 7. The van der Waals surface area contributed by atoms with Crippen LogP contribution in [0.3, 0.4) is 0 Å². The molecule has 1 aromatic carbocycles. The number of sulfonamides is 1. The summed E-state index contributed by atoms with van der Waals surface area (Å²) in [5.41, 5.74) is 1.10. The minimum absolute atomic E-state index is 0.0373. The van der Waals surface area contributed by atoms with Gasteiger partial charge < -0.3 is 10.1 Å². The number of carbonyl (C=O) groups excluding carboxylic acids is 1. The Morgan fingerprint density at radius 2 is 2.10 bits per heavy atom. The van der Waals surface area contributed by atoms with E-state index >= 15 is 0 Å². The molecule has 1 aliphatic rings. The lowest BCUT2D eigenvalue weighted by atomic mass is 10.1. The van der Waals surface area contributed by atoms with Crippen molar-refractivity contribution in [2.45, 2.75) is 30.7 Å². The first kappa shape index (κ1) is 15.9. The van der Waals surface area contributed by atoms with Crippen molar-refractivity contribution in [1.82, 2.24) is 10.0 Å². The van der Waals surface area contributed by atoms with E-state index in [0.717, 1.165) is 18.4 Å². The summed E-state index contributed by atoms with van der Waals surface area (Å²) < 4.78 is 31.8. The second-order valence-electron chi connectivity index (χ2n) is 5.12. The van der Waals surface area contributed by atoms with Crippen LogP contribution in [0.15, 0.2) is 23.1 Å². The molecule has 0 spiro atoms. The molecular weight excluding hydrogens is 292 g/mol. The summed E-state index contributed by atoms with van der Waals surface area (Å²) in [6.07, 6.45) is 1.74. The van der Waals surface area contributed by atoms with Crippen molar-refractivity contribution < 1.29 is 17.9 Å². The predicted molar refractivity (Wildman–Crippen MR) is 78.7 cm³/mol. The van der Waals surface area contributed by atoms with Crippen molar-refractivity contribution in [2.24, 2.45) is 0 Å². The fourth-order valence-corrected chi connectivity index (χ4v) is 3.19. The minimum atomic E-state index is -3.55. The molecule has 6 nitrogen and oxygen atoms in total. The fraction of sp³-hybridized carbons (Fsp3) is 0.500. The summed E-state index contributed by atoms with van der Waals surface area (Å²) in [7, 11) is -2.00. The number of benzene rings is 1. The normalized spacial score (nSPS) is 15.0. The Hall–Kier alpha value is -1.44. The molecule has 1 saturated carbocycles. The molecule has 7 heteroatoms. The van der Waals surface area contributed by atoms with Gasteiger partial charge >= 0.3 is 0 Å². The zero-order valence-corrected chi connectivity index (χ0v) is 13.0. The highest BCUT2D eigenvalue weighted by Crippen LogP contribution is 2.23. The number of carbonyl (C=O) groups is 1. The summed E-state index contributed by atoms with van der Waals surface area (Å²) in [6, 6.07) is 4.62. The molecule has 0 aromatic heterocycles. The molecule has 1 amide bonds. The van der Waals surface area contributed by atoms with E-state index in [1.54, 1.807) is 20.1 Å². The number of hydrogen-bond acceptors (Lipinski definition) is 4. The lowest BCUT2D eigenvalue weighted by Crippen LogP contribution is -2.29. The molecule has 0 aliphatic heterocycles. The Morgan fingerprint density at radius 3 is 2.71 bits per heavy atom. The van der Waals surface area contributed by atoms with E-state index < -0.39 is 10.0 Å². The zero-order chi connectivity index (χ0) is 15.5. The van der Waals surface area contributed by atoms with Crippen LogP contribution in [0, 0.1) is 6.92 Å².